The summed E-state index contributed by atoms with van der Waals surface area (Å²) in [6.07, 6.45) is 5.70. The summed E-state index contributed by atoms with van der Waals surface area (Å²) in [4.78, 5) is 0. The molecule has 2 heteroatoms. The molecule has 0 radical (unpaired) electrons. The third kappa shape index (κ3) is 4.06. The normalized spacial score (nSPS) is 34.7. The van der Waals surface area contributed by atoms with Gasteiger partial charge in [-0.1, -0.05) is 20.3 Å². The summed E-state index contributed by atoms with van der Waals surface area (Å²) in [5.41, 5.74) is 0. The van der Waals surface area contributed by atoms with E-state index in [-0.39, 0.29) is 12.2 Å². The molecule has 1 fully saturated rings. The number of hydrogen-bond acceptors (Lipinski definition) is 2. The second kappa shape index (κ2) is 6.61. The van der Waals surface area contributed by atoms with Gasteiger partial charge in [0, 0.05) is 7.11 Å². The molecule has 5 atom stereocenters. The van der Waals surface area contributed by atoms with Crippen LogP contribution in [0.1, 0.15) is 52.9 Å². The van der Waals surface area contributed by atoms with Gasteiger partial charge in [0.1, 0.15) is 0 Å². The quantitative estimate of drug-likeness (QED) is 0.783. The molecule has 2 nitrogen and oxygen atoms in total. The van der Waals surface area contributed by atoms with Gasteiger partial charge < -0.3 is 9.84 Å². The van der Waals surface area contributed by atoms with Crippen LogP contribution in [0.4, 0.5) is 0 Å². The molecule has 5 unspecified atom stereocenters. The van der Waals surface area contributed by atoms with Crippen LogP contribution in [0, 0.1) is 17.8 Å². The fourth-order valence-electron chi connectivity index (χ4n) is 2.70. The Balaban J connectivity index is 2.28. The van der Waals surface area contributed by atoms with Crippen molar-refractivity contribution in [2.75, 3.05) is 7.11 Å². The van der Waals surface area contributed by atoms with E-state index >= 15 is 0 Å². The van der Waals surface area contributed by atoms with Gasteiger partial charge in [-0.25, -0.2) is 0 Å². The number of hydrogen-bond donors (Lipinski definition) is 1. The molecule has 0 spiro atoms. The maximum Gasteiger partial charge on any atom is 0.0569 e. The van der Waals surface area contributed by atoms with E-state index in [1.165, 1.54) is 19.3 Å². The van der Waals surface area contributed by atoms with Crippen molar-refractivity contribution in [3.8, 4) is 0 Å². The van der Waals surface area contributed by atoms with Gasteiger partial charge in [-0.05, 0) is 50.4 Å². The predicted octanol–water partition coefficient (Wildman–Crippen LogP) is 3.23. The van der Waals surface area contributed by atoms with Crippen LogP contribution in [-0.4, -0.2) is 24.4 Å². The Morgan fingerprint density at radius 3 is 2.44 bits per heavy atom. The average Bonchev–Trinajstić information content (AvgIpc) is 2.29. The molecule has 0 amide bonds. The van der Waals surface area contributed by atoms with Crippen LogP contribution in [-0.2, 0) is 4.74 Å². The van der Waals surface area contributed by atoms with Gasteiger partial charge in [0.05, 0.1) is 12.2 Å². The van der Waals surface area contributed by atoms with Crippen LogP contribution in [0.2, 0.25) is 0 Å². The lowest BCUT2D eigenvalue weighted by Gasteiger charge is -2.34. The van der Waals surface area contributed by atoms with E-state index in [1.807, 2.05) is 0 Å². The second-order valence-electron chi connectivity index (χ2n) is 5.72. The maximum atomic E-state index is 10.2. The largest absolute Gasteiger partial charge is 0.393 e. The van der Waals surface area contributed by atoms with Crippen molar-refractivity contribution in [1.82, 2.24) is 0 Å². The molecule has 96 valence electrons. The zero-order valence-electron chi connectivity index (χ0n) is 11.3. The lowest BCUT2D eigenvalue weighted by molar-refractivity contribution is 0.0323. The number of aliphatic hydroxyl groups is 1. The summed E-state index contributed by atoms with van der Waals surface area (Å²) in [6.45, 7) is 6.72. The number of aliphatic hydroxyl groups excluding tert-OH is 1. The van der Waals surface area contributed by atoms with Crippen molar-refractivity contribution in [3.05, 3.63) is 0 Å². The van der Waals surface area contributed by atoms with Crippen molar-refractivity contribution >= 4 is 0 Å². The topological polar surface area (TPSA) is 29.5 Å². The molecule has 0 bridgehead atoms. The third-order valence-electron chi connectivity index (χ3n) is 4.45. The molecule has 0 aromatic carbocycles. The Morgan fingerprint density at radius 1 is 1.19 bits per heavy atom. The minimum absolute atomic E-state index is 0.118. The van der Waals surface area contributed by atoms with Gasteiger partial charge in [0.15, 0.2) is 0 Å². The lowest BCUT2D eigenvalue weighted by atomic mass is 9.73. The molecule has 0 aromatic heterocycles. The molecule has 1 N–H and O–H groups in total. The molecule has 1 saturated carbocycles. The van der Waals surface area contributed by atoms with Crippen molar-refractivity contribution in [2.24, 2.45) is 17.8 Å². The Morgan fingerprint density at radius 2 is 1.88 bits per heavy atom. The molecule has 1 aliphatic rings. The summed E-state index contributed by atoms with van der Waals surface area (Å²) in [5.74, 6) is 2.13. The summed E-state index contributed by atoms with van der Waals surface area (Å²) in [6, 6.07) is 0. The van der Waals surface area contributed by atoms with Gasteiger partial charge in [-0.15, -0.1) is 0 Å². The number of methoxy groups -OCH3 is 1. The van der Waals surface area contributed by atoms with Crippen LogP contribution in [0.15, 0.2) is 0 Å². The van der Waals surface area contributed by atoms with Crippen LogP contribution in [0.25, 0.3) is 0 Å². The van der Waals surface area contributed by atoms with E-state index < -0.39 is 0 Å². The fourth-order valence-corrected chi connectivity index (χ4v) is 2.70. The average molecular weight is 228 g/mol. The van der Waals surface area contributed by atoms with E-state index in [0.29, 0.717) is 5.92 Å². The van der Waals surface area contributed by atoms with E-state index in [4.69, 9.17) is 4.74 Å². The first-order valence-corrected chi connectivity index (χ1v) is 6.75. The Hall–Kier alpha value is -0.0800. The molecule has 0 saturated heterocycles. The van der Waals surface area contributed by atoms with Gasteiger partial charge in [0.2, 0.25) is 0 Å². The van der Waals surface area contributed by atoms with Gasteiger partial charge >= 0.3 is 0 Å². The number of ether oxygens (including phenoxy) is 1. The van der Waals surface area contributed by atoms with E-state index in [9.17, 15) is 5.11 Å². The second-order valence-corrected chi connectivity index (χ2v) is 5.72. The first kappa shape index (κ1) is 14.0. The number of rotatable bonds is 5. The highest BCUT2D eigenvalue weighted by Gasteiger charge is 2.29. The Kier molecular flexibility index (Phi) is 5.77. The fraction of sp³-hybridized carbons (Fsp3) is 1.00. The maximum absolute atomic E-state index is 10.2. The minimum Gasteiger partial charge on any atom is -0.393 e. The summed E-state index contributed by atoms with van der Waals surface area (Å²) in [5, 5.41) is 10.2. The third-order valence-corrected chi connectivity index (χ3v) is 4.45. The standard InChI is InChI=1S/C14H28O2/c1-10-5-7-13(9-11(10)2)14(15)8-6-12(3)16-4/h10-15H,5-9H2,1-4H3. The van der Waals surface area contributed by atoms with Gasteiger partial charge in [0.25, 0.3) is 0 Å². The molecule has 0 aromatic rings. The van der Waals surface area contributed by atoms with E-state index in [0.717, 1.165) is 24.7 Å². The summed E-state index contributed by atoms with van der Waals surface area (Å²) < 4.78 is 5.21. The first-order chi connectivity index (χ1) is 7.54. The zero-order chi connectivity index (χ0) is 12.1. The zero-order valence-corrected chi connectivity index (χ0v) is 11.3. The van der Waals surface area contributed by atoms with Crippen molar-refractivity contribution < 1.29 is 9.84 Å². The SMILES string of the molecule is COC(C)CCC(O)C1CCC(C)C(C)C1. The highest BCUT2D eigenvalue weighted by molar-refractivity contribution is 4.80. The van der Waals surface area contributed by atoms with Crippen LogP contribution >= 0.6 is 0 Å². The van der Waals surface area contributed by atoms with Crippen LogP contribution < -0.4 is 0 Å². The molecule has 1 rings (SSSR count). The highest BCUT2D eigenvalue weighted by Crippen LogP contribution is 2.36. The van der Waals surface area contributed by atoms with E-state index in [2.05, 4.69) is 20.8 Å². The van der Waals surface area contributed by atoms with E-state index in [1.54, 1.807) is 7.11 Å². The first-order valence-electron chi connectivity index (χ1n) is 6.75. The molecule has 16 heavy (non-hydrogen) atoms. The minimum atomic E-state index is -0.118. The van der Waals surface area contributed by atoms with Gasteiger partial charge in [-0.2, -0.15) is 0 Å². The molecule has 1 aliphatic carbocycles. The summed E-state index contributed by atoms with van der Waals surface area (Å²) in [7, 11) is 1.74. The Labute approximate surface area is 100 Å². The Bertz CT molecular complexity index is 193. The monoisotopic (exact) mass is 228 g/mol. The molecule has 0 aliphatic heterocycles. The molecular weight excluding hydrogens is 200 g/mol. The van der Waals surface area contributed by atoms with Crippen molar-refractivity contribution in [1.29, 1.82) is 0 Å². The molecular formula is C14H28O2. The predicted molar refractivity (Wildman–Crippen MR) is 67.4 cm³/mol. The lowest BCUT2D eigenvalue weighted by Crippen LogP contribution is -2.30. The van der Waals surface area contributed by atoms with Crippen LogP contribution in [0.3, 0.4) is 0 Å². The van der Waals surface area contributed by atoms with Crippen LogP contribution in [0.5, 0.6) is 0 Å². The van der Waals surface area contributed by atoms with Gasteiger partial charge in [-0.3, -0.25) is 0 Å². The smallest absolute Gasteiger partial charge is 0.0569 e. The van der Waals surface area contributed by atoms with Crippen molar-refractivity contribution in [2.45, 2.75) is 65.1 Å². The summed E-state index contributed by atoms with van der Waals surface area (Å²) >= 11 is 0. The highest BCUT2D eigenvalue weighted by atomic mass is 16.5. The van der Waals surface area contributed by atoms with Crippen molar-refractivity contribution in [3.63, 3.8) is 0 Å². The molecule has 0 heterocycles.